The van der Waals surface area contributed by atoms with E-state index in [4.69, 9.17) is 10.2 Å². The summed E-state index contributed by atoms with van der Waals surface area (Å²) in [6.07, 6.45) is -0.0934. The molecule has 2 unspecified atom stereocenters. The molecule has 0 spiro atoms. The SMILES string of the molecule is CC(=O)NC(CC(=O)NC(CO)C(=O)O)c1cccs1. The van der Waals surface area contributed by atoms with Crippen molar-refractivity contribution in [1.29, 1.82) is 0 Å². The molecule has 0 aliphatic rings. The molecule has 0 saturated carbocycles. The van der Waals surface area contributed by atoms with Crippen LogP contribution in [0.5, 0.6) is 0 Å². The van der Waals surface area contributed by atoms with Gasteiger partial charge in [0.15, 0.2) is 0 Å². The van der Waals surface area contributed by atoms with E-state index in [9.17, 15) is 14.4 Å². The monoisotopic (exact) mass is 300 g/mol. The molecule has 7 nitrogen and oxygen atoms in total. The summed E-state index contributed by atoms with van der Waals surface area (Å²) in [5.41, 5.74) is 0. The molecule has 2 atom stereocenters. The van der Waals surface area contributed by atoms with Crippen molar-refractivity contribution >= 4 is 29.1 Å². The predicted molar refractivity (Wildman–Crippen MR) is 72.1 cm³/mol. The molecule has 4 N–H and O–H groups in total. The maximum Gasteiger partial charge on any atom is 0.328 e. The van der Waals surface area contributed by atoms with Gasteiger partial charge in [0.25, 0.3) is 0 Å². The third-order valence-corrected chi connectivity index (χ3v) is 3.46. The quantitative estimate of drug-likeness (QED) is 0.560. The molecule has 0 bridgehead atoms. The van der Waals surface area contributed by atoms with Gasteiger partial charge in [-0.3, -0.25) is 9.59 Å². The van der Waals surface area contributed by atoms with E-state index >= 15 is 0 Å². The van der Waals surface area contributed by atoms with Gasteiger partial charge >= 0.3 is 5.97 Å². The summed E-state index contributed by atoms with van der Waals surface area (Å²) in [6, 6.07) is 1.71. The lowest BCUT2D eigenvalue weighted by atomic mass is 10.1. The highest BCUT2D eigenvalue weighted by Crippen LogP contribution is 2.21. The number of hydrogen-bond acceptors (Lipinski definition) is 5. The van der Waals surface area contributed by atoms with Crippen LogP contribution in [0, 0.1) is 0 Å². The van der Waals surface area contributed by atoms with E-state index in [1.807, 2.05) is 5.38 Å². The first kappa shape index (κ1) is 16.1. The van der Waals surface area contributed by atoms with Gasteiger partial charge in [0, 0.05) is 11.8 Å². The molecular formula is C12H16N2O5S. The molecule has 1 heterocycles. The number of nitrogens with one attached hydrogen (secondary N) is 2. The van der Waals surface area contributed by atoms with Gasteiger partial charge < -0.3 is 20.8 Å². The Labute approximate surface area is 119 Å². The predicted octanol–water partition coefficient (Wildman–Crippen LogP) is -0.123. The number of carboxylic acids is 1. The van der Waals surface area contributed by atoms with E-state index in [0.717, 1.165) is 4.88 Å². The summed E-state index contributed by atoms with van der Waals surface area (Å²) < 4.78 is 0. The van der Waals surface area contributed by atoms with Crippen LogP contribution in [0.3, 0.4) is 0 Å². The minimum absolute atomic E-state index is 0.0934. The maximum absolute atomic E-state index is 11.8. The Hall–Kier alpha value is -1.93. The lowest BCUT2D eigenvalue weighted by molar-refractivity contribution is -0.143. The van der Waals surface area contributed by atoms with Crippen LogP contribution in [0.4, 0.5) is 0 Å². The number of carbonyl (C=O) groups is 3. The van der Waals surface area contributed by atoms with E-state index in [0.29, 0.717) is 0 Å². The van der Waals surface area contributed by atoms with Crippen molar-refractivity contribution in [3.05, 3.63) is 22.4 Å². The Balaban J connectivity index is 2.67. The van der Waals surface area contributed by atoms with Gasteiger partial charge in [-0.1, -0.05) is 6.07 Å². The highest BCUT2D eigenvalue weighted by molar-refractivity contribution is 7.10. The molecule has 1 rings (SSSR count). The number of carbonyl (C=O) groups excluding carboxylic acids is 2. The fraction of sp³-hybridized carbons (Fsp3) is 0.417. The van der Waals surface area contributed by atoms with Crippen LogP contribution in [0.25, 0.3) is 0 Å². The van der Waals surface area contributed by atoms with E-state index < -0.39 is 30.6 Å². The standard InChI is InChI=1S/C12H16N2O5S/c1-7(16)13-8(10-3-2-4-20-10)5-11(17)14-9(6-15)12(18)19/h2-4,8-9,15H,5-6H2,1H3,(H,13,16)(H,14,17)(H,18,19). The van der Waals surface area contributed by atoms with Crippen LogP contribution in [-0.4, -0.2) is 40.6 Å². The molecule has 1 aromatic heterocycles. The van der Waals surface area contributed by atoms with Crippen LogP contribution in [-0.2, 0) is 14.4 Å². The Morgan fingerprint density at radius 2 is 2.05 bits per heavy atom. The molecule has 0 fully saturated rings. The number of hydrogen-bond donors (Lipinski definition) is 4. The normalized spacial score (nSPS) is 13.3. The summed E-state index contributed by atoms with van der Waals surface area (Å²) in [5.74, 6) is -2.15. The summed E-state index contributed by atoms with van der Waals surface area (Å²) >= 11 is 1.39. The van der Waals surface area contributed by atoms with Crippen LogP contribution in [0.15, 0.2) is 17.5 Å². The molecule has 1 aromatic rings. The van der Waals surface area contributed by atoms with Crippen LogP contribution < -0.4 is 10.6 Å². The van der Waals surface area contributed by atoms with Gasteiger partial charge in [-0.2, -0.15) is 0 Å². The van der Waals surface area contributed by atoms with Crippen LogP contribution in [0.1, 0.15) is 24.3 Å². The fourth-order valence-electron chi connectivity index (χ4n) is 1.58. The van der Waals surface area contributed by atoms with Crippen molar-refractivity contribution in [3.8, 4) is 0 Å². The van der Waals surface area contributed by atoms with Crippen molar-refractivity contribution in [1.82, 2.24) is 10.6 Å². The van der Waals surface area contributed by atoms with E-state index in [1.165, 1.54) is 18.3 Å². The molecule has 0 radical (unpaired) electrons. The van der Waals surface area contributed by atoms with Crippen LogP contribution in [0.2, 0.25) is 0 Å². The average Bonchev–Trinajstić information content (AvgIpc) is 2.87. The Kier molecular flexibility index (Phi) is 6.13. The molecule has 0 saturated heterocycles. The zero-order valence-electron chi connectivity index (χ0n) is 10.8. The first-order chi connectivity index (χ1) is 9.43. The topological polar surface area (TPSA) is 116 Å². The summed E-state index contributed by atoms with van der Waals surface area (Å²) in [6.45, 7) is 0.650. The largest absolute Gasteiger partial charge is 0.480 e. The smallest absolute Gasteiger partial charge is 0.328 e. The zero-order chi connectivity index (χ0) is 15.1. The zero-order valence-corrected chi connectivity index (χ0v) is 11.6. The van der Waals surface area contributed by atoms with E-state index in [1.54, 1.807) is 12.1 Å². The number of rotatable bonds is 7. The molecular weight excluding hydrogens is 284 g/mol. The number of amides is 2. The summed E-state index contributed by atoms with van der Waals surface area (Å²) in [5, 5.41) is 24.2. The highest BCUT2D eigenvalue weighted by Gasteiger charge is 2.22. The van der Waals surface area contributed by atoms with Gasteiger partial charge in [0.05, 0.1) is 19.1 Å². The first-order valence-electron chi connectivity index (χ1n) is 5.87. The number of aliphatic hydroxyl groups is 1. The lowest BCUT2D eigenvalue weighted by Gasteiger charge is -2.18. The lowest BCUT2D eigenvalue weighted by Crippen LogP contribution is -2.44. The second kappa shape index (κ2) is 7.61. The van der Waals surface area contributed by atoms with Crippen molar-refractivity contribution < 1.29 is 24.6 Å². The third-order valence-electron chi connectivity index (χ3n) is 2.47. The third kappa shape index (κ3) is 4.98. The Morgan fingerprint density at radius 1 is 1.35 bits per heavy atom. The van der Waals surface area contributed by atoms with Crippen molar-refractivity contribution in [2.45, 2.75) is 25.4 Å². The minimum Gasteiger partial charge on any atom is -0.480 e. The van der Waals surface area contributed by atoms with Gasteiger partial charge in [0.1, 0.15) is 6.04 Å². The van der Waals surface area contributed by atoms with Gasteiger partial charge in [-0.05, 0) is 11.4 Å². The molecule has 20 heavy (non-hydrogen) atoms. The molecule has 2 amide bonds. The second-order valence-electron chi connectivity index (χ2n) is 4.11. The fourth-order valence-corrected chi connectivity index (χ4v) is 2.36. The second-order valence-corrected chi connectivity index (χ2v) is 5.09. The summed E-state index contributed by atoms with van der Waals surface area (Å²) in [4.78, 5) is 34.4. The number of carboxylic acid groups (broad SMARTS) is 1. The Bertz CT molecular complexity index is 474. The van der Waals surface area contributed by atoms with Crippen LogP contribution >= 0.6 is 11.3 Å². The average molecular weight is 300 g/mol. The highest BCUT2D eigenvalue weighted by atomic mass is 32.1. The van der Waals surface area contributed by atoms with Gasteiger partial charge in [-0.25, -0.2) is 4.79 Å². The first-order valence-corrected chi connectivity index (χ1v) is 6.75. The molecule has 0 aliphatic heterocycles. The molecule has 110 valence electrons. The van der Waals surface area contributed by atoms with E-state index in [-0.39, 0.29) is 12.3 Å². The number of aliphatic hydroxyl groups excluding tert-OH is 1. The van der Waals surface area contributed by atoms with Gasteiger partial charge in [0.2, 0.25) is 11.8 Å². The molecule has 8 heteroatoms. The van der Waals surface area contributed by atoms with Gasteiger partial charge in [-0.15, -0.1) is 11.3 Å². The van der Waals surface area contributed by atoms with Crippen molar-refractivity contribution in [2.24, 2.45) is 0 Å². The van der Waals surface area contributed by atoms with E-state index in [2.05, 4.69) is 10.6 Å². The van der Waals surface area contributed by atoms with Crippen molar-refractivity contribution in [2.75, 3.05) is 6.61 Å². The minimum atomic E-state index is -1.34. The Morgan fingerprint density at radius 3 is 2.50 bits per heavy atom. The molecule has 0 aliphatic carbocycles. The number of thiophene rings is 1. The maximum atomic E-state index is 11.8. The number of aliphatic carboxylic acids is 1. The summed E-state index contributed by atoms with van der Waals surface area (Å²) in [7, 11) is 0. The van der Waals surface area contributed by atoms with Crippen molar-refractivity contribution in [3.63, 3.8) is 0 Å². The molecule has 0 aromatic carbocycles.